The molecular weight excluding hydrogens is 228 g/mol. The molecule has 0 spiro atoms. The molecule has 1 fully saturated rings. The maximum atomic E-state index is 11.6. The van der Waals surface area contributed by atoms with Gasteiger partial charge in [-0.25, -0.2) is 0 Å². The predicted molar refractivity (Wildman–Crippen MR) is 73.3 cm³/mol. The molecule has 1 rings (SSSR count). The molecule has 2 atom stereocenters. The minimum Gasteiger partial charge on any atom is -0.468 e. The molecule has 1 saturated heterocycles. The Balaban J connectivity index is 2.51. The number of carbonyl (C=O) groups is 1. The number of likely N-dealkylation sites (tertiary alicyclic amines) is 1. The highest BCUT2D eigenvalue weighted by molar-refractivity contribution is 5.79. The maximum Gasteiger partial charge on any atom is 0.325 e. The summed E-state index contributed by atoms with van der Waals surface area (Å²) >= 11 is 0. The van der Waals surface area contributed by atoms with E-state index >= 15 is 0 Å². The Bertz CT molecular complexity index is 290. The van der Waals surface area contributed by atoms with E-state index in [0.717, 1.165) is 13.1 Å². The maximum absolute atomic E-state index is 11.6. The summed E-state index contributed by atoms with van der Waals surface area (Å²) in [5, 5.41) is 0. The summed E-state index contributed by atoms with van der Waals surface area (Å²) < 4.78 is 4.75. The average molecular weight is 256 g/mol. The Morgan fingerprint density at radius 2 is 1.94 bits per heavy atom. The van der Waals surface area contributed by atoms with Crippen LogP contribution in [0.2, 0.25) is 0 Å². The van der Waals surface area contributed by atoms with E-state index in [1.54, 1.807) is 6.92 Å². The van der Waals surface area contributed by atoms with E-state index in [2.05, 4.69) is 25.7 Å². The van der Waals surface area contributed by atoms with Crippen molar-refractivity contribution in [3.63, 3.8) is 0 Å². The topological polar surface area (TPSA) is 55.6 Å². The van der Waals surface area contributed by atoms with Gasteiger partial charge in [0, 0.05) is 6.04 Å². The second-order valence-corrected chi connectivity index (χ2v) is 6.66. The van der Waals surface area contributed by atoms with Crippen molar-refractivity contribution >= 4 is 5.97 Å². The molecule has 1 heterocycles. The van der Waals surface area contributed by atoms with Gasteiger partial charge in [-0.05, 0) is 51.6 Å². The number of nitrogens with two attached hydrogens (primary N) is 1. The molecule has 2 unspecified atom stereocenters. The average Bonchev–Trinajstić information content (AvgIpc) is 2.26. The minimum atomic E-state index is -0.888. The molecule has 4 nitrogen and oxygen atoms in total. The van der Waals surface area contributed by atoms with Crippen LogP contribution in [0, 0.1) is 5.41 Å². The van der Waals surface area contributed by atoms with Gasteiger partial charge in [-0.3, -0.25) is 4.79 Å². The molecule has 1 aliphatic rings. The van der Waals surface area contributed by atoms with E-state index in [9.17, 15) is 4.79 Å². The molecule has 0 amide bonds. The molecule has 0 radical (unpaired) electrons. The van der Waals surface area contributed by atoms with Crippen LogP contribution in [0.3, 0.4) is 0 Å². The zero-order valence-corrected chi connectivity index (χ0v) is 12.5. The van der Waals surface area contributed by atoms with Gasteiger partial charge in [0.15, 0.2) is 0 Å². The molecule has 2 N–H and O–H groups in total. The molecular formula is C14H28N2O2. The third-order valence-corrected chi connectivity index (χ3v) is 4.15. The molecule has 0 aromatic carbocycles. The van der Waals surface area contributed by atoms with E-state index in [1.807, 2.05) is 0 Å². The van der Waals surface area contributed by atoms with Crippen LogP contribution >= 0.6 is 0 Å². The fraction of sp³-hybridized carbons (Fsp3) is 0.929. The minimum absolute atomic E-state index is 0.315. The Morgan fingerprint density at radius 3 is 2.39 bits per heavy atom. The SMILES string of the molecule is COC(=O)C(C)(N)CC(C)N1CCC(C)(C)CC1. The van der Waals surface area contributed by atoms with Crippen LogP contribution in [-0.4, -0.2) is 42.6 Å². The van der Waals surface area contributed by atoms with E-state index < -0.39 is 5.54 Å². The van der Waals surface area contributed by atoms with Crippen LogP contribution in [0.1, 0.15) is 47.0 Å². The first-order valence-electron chi connectivity index (χ1n) is 6.79. The summed E-state index contributed by atoms with van der Waals surface area (Å²) in [6.07, 6.45) is 3.05. The second kappa shape index (κ2) is 5.57. The Kier molecular flexibility index (Phi) is 4.78. The molecule has 0 bridgehead atoms. The van der Waals surface area contributed by atoms with Crippen molar-refractivity contribution in [1.82, 2.24) is 4.90 Å². The van der Waals surface area contributed by atoms with Gasteiger partial charge in [0.1, 0.15) is 5.54 Å². The third-order valence-electron chi connectivity index (χ3n) is 4.15. The fourth-order valence-electron chi connectivity index (χ4n) is 2.63. The van der Waals surface area contributed by atoms with Gasteiger partial charge < -0.3 is 15.4 Å². The number of hydrogen-bond acceptors (Lipinski definition) is 4. The molecule has 18 heavy (non-hydrogen) atoms. The third kappa shape index (κ3) is 3.95. The highest BCUT2D eigenvalue weighted by atomic mass is 16.5. The summed E-state index contributed by atoms with van der Waals surface area (Å²) in [5.74, 6) is -0.327. The lowest BCUT2D eigenvalue weighted by molar-refractivity contribution is -0.147. The van der Waals surface area contributed by atoms with Crippen LogP contribution in [0.25, 0.3) is 0 Å². The van der Waals surface area contributed by atoms with Crippen molar-refractivity contribution < 1.29 is 9.53 Å². The number of carbonyl (C=O) groups excluding carboxylic acids is 1. The van der Waals surface area contributed by atoms with Gasteiger partial charge in [-0.1, -0.05) is 13.8 Å². The van der Waals surface area contributed by atoms with Crippen molar-refractivity contribution in [1.29, 1.82) is 0 Å². The molecule has 0 aromatic heterocycles. The fourth-order valence-corrected chi connectivity index (χ4v) is 2.63. The van der Waals surface area contributed by atoms with Gasteiger partial charge in [0.05, 0.1) is 7.11 Å². The summed E-state index contributed by atoms with van der Waals surface area (Å²) in [4.78, 5) is 14.0. The Hall–Kier alpha value is -0.610. The highest BCUT2D eigenvalue weighted by Gasteiger charge is 2.35. The smallest absolute Gasteiger partial charge is 0.325 e. The normalized spacial score (nSPS) is 25.2. The Morgan fingerprint density at radius 1 is 1.44 bits per heavy atom. The predicted octanol–water partition coefficient (Wildman–Crippen LogP) is 1.78. The first-order chi connectivity index (χ1) is 8.18. The highest BCUT2D eigenvalue weighted by Crippen LogP contribution is 2.31. The zero-order valence-electron chi connectivity index (χ0n) is 12.5. The van der Waals surface area contributed by atoms with Gasteiger partial charge in [-0.2, -0.15) is 0 Å². The van der Waals surface area contributed by atoms with Crippen molar-refractivity contribution in [3.8, 4) is 0 Å². The van der Waals surface area contributed by atoms with Crippen LogP contribution < -0.4 is 5.73 Å². The van der Waals surface area contributed by atoms with Gasteiger partial charge >= 0.3 is 5.97 Å². The first kappa shape index (κ1) is 15.4. The van der Waals surface area contributed by atoms with E-state index in [0.29, 0.717) is 17.9 Å². The number of hydrogen-bond donors (Lipinski definition) is 1. The first-order valence-corrected chi connectivity index (χ1v) is 6.79. The van der Waals surface area contributed by atoms with Gasteiger partial charge in [0.2, 0.25) is 0 Å². The number of piperidine rings is 1. The molecule has 0 aromatic rings. The van der Waals surface area contributed by atoms with Crippen LogP contribution in [0.4, 0.5) is 0 Å². The molecule has 106 valence electrons. The quantitative estimate of drug-likeness (QED) is 0.779. The second-order valence-electron chi connectivity index (χ2n) is 6.66. The number of methoxy groups -OCH3 is 1. The van der Waals surface area contributed by atoms with Gasteiger partial charge in [0.25, 0.3) is 0 Å². The molecule has 1 aliphatic heterocycles. The van der Waals surface area contributed by atoms with Crippen molar-refractivity contribution in [2.45, 2.75) is 58.5 Å². The van der Waals surface area contributed by atoms with Crippen molar-refractivity contribution in [2.24, 2.45) is 11.1 Å². The van der Waals surface area contributed by atoms with Crippen molar-refractivity contribution in [2.75, 3.05) is 20.2 Å². The summed E-state index contributed by atoms with van der Waals surface area (Å²) in [7, 11) is 1.39. The largest absolute Gasteiger partial charge is 0.468 e. The lowest BCUT2D eigenvalue weighted by Crippen LogP contribution is -2.52. The monoisotopic (exact) mass is 256 g/mol. The number of ether oxygens (including phenoxy) is 1. The Labute approximate surface area is 111 Å². The zero-order chi connectivity index (χ0) is 14.0. The summed E-state index contributed by atoms with van der Waals surface area (Å²) in [6, 6.07) is 0.315. The van der Waals surface area contributed by atoms with E-state index in [4.69, 9.17) is 10.5 Å². The van der Waals surface area contributed by atoms with E-state index in [-0.39, 0.29) is 5.97 Å². The number of rotatable bonds is 4. The van der Waals surface area contributed by atoms with Crippen LogP contribution in [0.15, 0.2) is 0 Å². The van der Waals surface area contributed by atoms with Crippen LogP contribution in [0.5, 0.6) is 0 Å². The summed E-state index contributed by atoms with van der Waals surface area (Å²) in [6.45, 7) is 10.7. The molecule has 0 saturated carbocycles. The van der Waals surface area contributed by atoms with Gasteiger partial charge in [-0.15, -0.1) is 0 Å². The van der Waals surface area contributed by atoms with Crippen molar-refractivity contribution in [3.05, 3.63) is 0 Å². The lowest BCUT2D eigenvalue weighted by Gasteiger charge is -2.41. The number of esters is 1. The summed E-state index contributed by atoms with van der Waals surface area (Å²) in [5.41, 5.74) is 5.59. The molecule has 0 aliphatic carbocycles. The molecule has 4 heteroatoms. The van der Waals surface area contributed by atoms with E-state index in [1.165, 1.54) is 20.0 Å². The lowest BCUT2D eigenvalue weighted by atomic mass is 9.81. The number of nitrogens with zero attached hydrogens (tertiary/aromatic N) is 1. The standard InChI is InChI=1S/C14H28N2O2/c1-11(10-14(4,15)12(17)18-5)16-8-6-13(2,3)7-9-16/h11H,6-10,15H2,1-5H3. The van der Waals surface area contributed by atoms with Crippen LogP contribution in [-0.2, 0) is 9.53 Å².